The monoisotopic (exact) mass is 492 g/mol. The molecule has 0 radical (unpaired) electrons. The molecule has 2 aliphatic rings. The summed E-state index contributed by atoms with van der Waals surface area (Å²) in [6.07, 6.45) is 0.121. The maximum atomic E-state index is 13.8. The quantitative estimate of drug-likeness (QED) is 0.624. The number of alkyl halides is 3. The number of nitrogens with zero attached hydrogens (tertiary/aromatic N) is 3. The zero-order chi connectivity index (χ0) is 23.8. The highest BCUT2D eigenvalue weighted by atomic mass is 32.2. The fourth-order valence-electron chi connectivity index (χ4n) is 4.29. The number of hydrogen-bond donors (Lipinski definition) is 1. The molecule has 13 heteroatoms. The molecule has 1 aromatic heterocycles. The number of imidazole rings is 1. The van der Waals surface area contributed by atoms with Crippen LogP contribution in [0.5, 0.6) is 5.75 Å². The second-order valence-electron chi connectivity index (χ2n) is 8.21. The first-order chi connectivity index (χ1) is 15.5. The normalized spacial score (nSPS) is 24.7. The Hall–Kier alpha value is -2.38. The van der Waals surface area contributed by atoms with Crippen LogP contribution in [0, 0.1) is 11.7 Å². The molecule has 1 aromatic carbocycles. The minimum atomic E-state index is -5.04. The van der Waals surface area contributed by atoms with Crippen molar-refractivity contribution in [2.75, 3.05) is 25.0 Å². The van der Waals surface area contributed by atoms with Crippen molar-refractivity contribution >= 4 is 15.7 Å². The van der Waals surface area contributed by atoms with Gasteiger partial charge in [0.1, 0.15) is 0 Å². The molecule has 182 valence electrons. The molecule has 1 unspecified atom stereocenters. The number of aryl methyl sites for hydroxylation is 1. The van der Waals surface area contributed by atoms with Crippen LogP contribution in [0.4, 0.5) is 23.2 Å². The van der Waals surface area contributed by atoms with E-state index < -0.39 is 34.0 Å². The van der Waals surface area contributed by atoms with Crippen LogP contribution < -0.4 is 10.1 Å². The van der Waals surface area contributed by atoms with Crippen LogP contribution in [-0.2, 0) is 21.8 Å². The van der Waals surface area contributed by atoms with E-state index in [2.05, 4.69) is 15.0 Å². The van der Waals surface area contributed by atoms with Crippen molar-refractivity contribution in [1.82, 2.24) is 13.9 Å². The maximum absolute atomic E-state index is 13.8. The molecular formula is C20H24F4N4O4S. The van der Waals surface area contributed by atoms with Gasteiger partial charge in [-0.2, -0.15) is 4.31 Å². The van der Waals surface area contributed by atoms with Crippen LogP contribution in [0.15, 0.2) is 35.7 Å². The Labute approximate surface area is 188 Å². The third-order valence-electron chi connectivity index (χ3n) is 5.82. The third kappa shape index (κ3) is 5.41. The van der Waals surface area contributed by atoms with E-state index in [0.717, 1.165) is 31.4 Å². The van der Waals surface area contributed by atoms with Crippen molar-refractivity contribution in [1.29, 1.82) is 0 Å². The van der Waals surface area contributed by atoms with E-state index in [4.69, 9.17) is 4.74 Å². The zero-order valence-corrected chi connectivity index (χ0v) is 18.6. The molecule has 33 heavy (non-hydrogen) atoms. The highest BCUT2D eigenvalue weighted by Crippen LogP contribution is 2.34. The molecule has 2 saturated heterocycles. The first-order valence-electron chi connectivity index (χ1n) is 10.4. The van der Waals surface area contributed by atoms with Gasteiger partial charge in [0.2, 0.25) is 0 Å². The van der Waals surface area contributed by atoms with Crippen molar-refractivity contribution in [2.45, 2.75) is 42.8 Å². The Morgan fingerprint density at radius 3 is 2.67 bits per heavy atom. The number of sulfonamides is 1. The van der Waals surface area contributed by atoms with E-state index in [1.54, 1.807) is 7.05 Å². The molecule has 1 N–H and O–H groups in total. The molecule has 2 aromatic rings. The molecule has 2 fully saturated rings. The standard InChI is InChI=1S/C20H24F4N4O4S/c1-27-11-19(25-12-27)33(29,30)28-9-14(17-4-2-3-7-31-17)16(10-28)26-13-5-6-15(21)18(8-13)32-20(22,23)24/h5-6,8,11-12,14,16-17,26H,2-4,7,9-10H2,1H3/t14-,16-,17?/m1/s1. The van der Waals surface area contributed by atoms with Gasteiger partial charge in [0.25, 0.3) is 10.0 Å². The Kier molecular flexibility index (Phi) is 6.56. The van der Waals surface area contributed by atoms with Gasteiger partial charge in [0, 0.05) is 56.7 Å². The topological polar surface area (TPSA) is 85.7 Å². The van der Waals surface area contributed by atoms with Crippen LogP contribution in [0.1, 0.15) is 19.3 Å². The van der Waals surface area contributed by atoms with Gasteiger partial charge >= 0.3 is 6.36 Å². The average molecular weight is 492 g/mol. The maximum Gasteiger partial charge on any atom is 0.573 e. The van der Waals surface area contributed by atoms with Crippen molar-refractivity contribution in [3.63, 3.8) is 0 Å². The van der Waals surface area contributed by atoms with Gasteiger partial charge in [-0.1, -0.05) is 0 Å². The zero-order valence-electron chi connectivity index (χ0n) is 17.8. The summed E-state index contributed by atoms with van der Waals surface area (Å²) in [5, 5.41) is 2.99. The fraction of sp³-hybridized carbons (Fsp3) is 0.550. The number of hydrogen-bond acceptors (Lipinski definition) is 6. The van der Waals surface area contributed by atoms with E-state index in [0.29, 0.717) is 6.61 Å². The third-order valence-corrected chi connectivity index (χ3v) is 7.54. The highest BCUT2D eigenvalue weighted by molar-refractivity contribution is 7.89. The van der Waals surface area contributed by atoms with Gasteiger partial charge in [0.15, 0.2) is 16.6 Å². The number of nitrogens with one attached hydrogen (secondary N) is 1. The van der Waals surface area contributed by atoms with Crippen LogP contribution in [0.25, 0.3) is 0 Å². The van der Waals surface area contributed by atoms with Gasteiger partial charge in [-0.05, 0) is 31.4 Å². The summed E-state index contributed by atoms with van der Waals surface area (Å²) >= 11 is 0. The average Bonchev–Trinajstić information content (AvgIpc) is 3.37. The van der Waals surface area contributed by atoms with Crippen LogP contribution in [0.3, 0.4) is 0 Å². The van der Waals surface area contributed by atoms with Crippen LogP contribution in [0.2, 0.25) is 0 Å². The second-order valence-corrected chi connectivity index (χ2v) is 10.1. The number of halogens is 4. The fourth-order valence-corrected chi connectivity index (χ4v) is 5.75. The molecule has 8 nitrogen and oxygen atoms in total. The van der Waals surface area contributed by atoms with Crippen LogP contribution in [-0.4, -0.2) is 60.5 Å². The summed E-state index contributed by atoms with van der Waals surface area (Å²) in [7, 11) is -2.22. The summed E-state index contributed by atoms with van der Waals surface area (Å²) in [4.78, 5) is 3.95. The lowest BCUT2D eigenvalue weighted by Crippen LogP contribution is -2.39. The van der Waals surface area contributed by atoms with Gasteiger partial charge in [-0.15, -0.1) is 13.2 Å². The minimum absolute atomic E-state index is 0.0519. The molecule has 3 heterocycles. The molecule has 0 amide bonds. The van der Waals surface area contributed by atoms with Gasteiger partial charge in [0.05, 0.1) is 12.4 Å². The molecule has 4 rings (SSSR count). The number of aromatic nitrogens is 2. The lowest BCUT2D eigenvalue weighted by atomic mass is 9.91. The van der Waals surface area contributed by atoms with Crippen molar-refractivity contribution < 1.29 is 35.5 Å². The first-order valence-corrected chi connectivity index (χ1v) is 11.9. The number of anilines is 1. The number of rotatable bonds is 6. The van der Waals surface area contributed by atoms with E-state index in [-0.39, 0.29) is 35.8 Å². The van der Waals surface area contributed by atoms with E-state index in [1.807, 2.05) is 0 Å². The number of benzene rings is 1. The van der Waals surface area contributed by atoms with E-state index >= 15 is 0 Å². The Morgan fingerprint density at radius 2 is 2.03 bits per heavy atom. The predicted molar refractivity (Wildman–Crippen MR) is 110 cm³/mol. The van der Waals surface area contributed by atoms with Gasteiger partial charge in [-0.3, -0.25) is 0 Å². The Morgan fingerprint density at radius 1 is 1.24 bits per heavy atom. The second kappa shape index (κ2) is 9.11. The van der Waals surface area contributed by atoms with E-state index in [9.17, 15) is 26.0 Å². The summed E-state index contributed by atoms with van der Waals surface area (Å²) in [6, 6.07) is 2.59. The molecule has 0 aliphatic carbocycles. The van der Waals surface area contributed by atoms with Gasteiger partial charge < -0.3 is 19.4 Å². The number of ether oxygens (including phenoxy) is 2. The lowest BCUT2D eigenvalue weighted by molar-refractivity contribution is -0.275. The molecule has 0 bridgehead atoms. The molecule has 3 atom stereocenters. The molecular weight excluding hydrogens is 468 g/mol. The summed E-state index contributed by atoms with van der Waals surface area (Å²) < 4.78 is 90.3. The smallest absolute Gasteiger partial charge is 0.403 e. The van der Waals surface area contributed by atoms with Crippen molar-refractivity contribution in [2.24, 2.45) is 13.0 Å². The summed E-state index contributed by atoms with van der Waals surface area (Å²) in [6.45, 7) is 0.769. The Bertz CT molecular complexity index is 1090. The largest absolute Gasteiger partial charge is 0.573 e. The Balaban J connectivity index is 1.59. The minimum Gasteiger partial charge on any atom is -0.403 e. The van der Waals surface area contributed by atoms with Crippen LogP contribution >= 0.6 is 0 Å². The molecule has 0 saturated carbocycles. The molecule has 0 spiro atoms. The SMILES string of the molecule is Cn1cnc(S(=O)(=O)N2C[C@@H](Nc3ccc(F)c(OC(F)(F)F)c3)[C@H](C3CCCCO3)C2)c1. The molecule has 2 aliphatic heterocycles. The predicted octanol–water partition coefficient (Wildman–Crippen LogP) is 3.13. The van der Waals surface area contributed by atoms with Crippen molar-refractivity contribution in [3.05, 3.63) is 36.5 Å². The highest BCUT2D eigenvalue weighted by Gasteiger charge is 2.44. The summed E-state index contributed by atoms with van der Waals surface area (Å²) in [5.74, 6) is -2.38. The van der Waals surface area contributed by atoms with Gasteiger partial charge in [-0.25, -0.2) is 17.8 Å². The lowest BCUT2D eigenvalue weighted by Gasteiger charge is -2.31. The van der Waals surface area contributed by atoms with E-state index in [1.165, 1.54) is 27.5 Å². The first kappa shape index (κ1) is 23.8. The van der Waals surface area contributed by atoms with Crippen molar-refractivity contribution in [3.8, 4) is 5.75 Å². The summed E-state index contributed by atoms with van der Waals surface area (Å²) in [5.41, 5.74) is 0.179.